The summed E-state index contributed by atoms with van der Waals surface area (Å²) in [5.41, 5.74) is 0. The summed E-state index contributed by atoms with van der Waals surface area (Å²) in [6.45, 7) is 2.92. The van der Waals surface area contributed by atoms with Crippen molar-refractivity contribution in [3.8, 4) is 0 Å². The van der Waals surface area contributed by atoms with Crippen LogP contribution in [0.15, 0.2) is 24.5 Å². The zero-order chi connectivity index (χ0) is 15.4. The molecule has 0 aromatic carbocycles. The van der Waals surface area contributed by atoms with Gasteiger partial charge >= 0.3 is 0 Å². The summed E-state index contributed by atoms with van der Waals surface area (Å²) in [5, 5.41) is 18.2. The van der Waals surface area contributed by atoms with Crippen molar-refractivity contribution in [2.75, 3.05) is 36.0 Å². The highest BCUT2D eigenvalue weighted by Crippen LogP contribution is 2.17. The molecule has 0 amide bonds. The molecule has 8 heteroatoms. The van der Waals surface area contributed by atoms with E-state index >= 15 is 0 Å². The Morgan fingerprint density at radius 1 is 0.773 bits per heavy atom. The maximum Gasteiger partial charge on any atom is 0.156 e. The van der Waals surface area contributed by atoms with Crippen LogP contribution < -0.4 is 9.80 Å². The summed E-state index contributed by atoms with van der Waals surface area (Å²) >= 11 is 0. The van der Waals surface area contributed by atoms with Crippen molar-refractivity contribution in [2.24, 2.45) is 0 Å². The van der Waals surface area contributed by atoms with Crippen LogP contribution in [-0.2, 0) is 13.2 Å². The molecule has 1 aliphatic heterocycles. The van der Waals surface area contributed by atoms with E-state index < -0.39 is 0 Å². The van der Waals surface area contributed by atoms with E-state index in [4.69, 9.17) is 10.2 Å². The second-order valence-electron chi connectivity index (χ2n) is 4.95. The number of aliphatic hydroxyl groups excluding tert-OH is 2. The minimum Gasteiger partial charge on any atom is -0.388 e. The third-order valence-corrected chi connectivity index (χ3v) is 3.59. The first-order chi connectivity index (χ1) is 10.8. The number of nitrogens with zero attached hydrogens (tertiary/aromatic N) is 6. The molecule has 8 nitrogen and oxygen atoms in total. The molecule has 3 rings (SSSR count). The monoisotopic (exact) mass is 302 g/mol. The Morgan fingerprint density at radius 2 is 1.18 bits per heavy atom. The number of rotatable bonds is 4. The molecule has 1 saturated heterocycles. The predicted octanol–water partition coefficient (Wildman–Crippen LogP) is -0.422. The first-order valence-electron chi connectivity index (χ1n) is 7.15. The van der Waals surface area contributed by atoms with Gasteiger partial charge in [0.05, 0.1) is 0 Å². The molecule has 1 fully saturated rings. The largest absolute Gasteiger partial charge is 0.388 e. The normalized spacial score (nSPS) is 15.2. The lowest BCUT2D eigenvalue weighted by molar-refractivity contribution is 0.271. The van der Waals surface area contributed by atoms with E-state index in [0.29, 0.717) is 11.6 Å². The molecular formula is C14H18N6O2. The highest BCUT2D eigenvalue weighted by Gasteiger charge is 2.19. The second kappa shape index (κ2) is 6.63. The van der Waals surface area contributed by atoms with Gasteiger partial charge < -0.3 is 20.0 Å². The van der Waals surface area contributed by atoms with Gasteiger partial charge in [-0.1, -0.05) is 0 Å². The van der Waals surface area contributed by atoms with E-state index in [2.05, 4.69) is 29.7 Å². The average molecular weight is 302 g/mol. The van der Waals surface area contributed by atoms with Crippen LogP contribution in [0.5, 0.6) is 0 Å². The molecule has 0 saturated carbocycles. The van der Waals surface area contributed by atoms with E-state index in [0.717, 1.165) is 37.8 Å². The maximum absolute atomic E-state index is 9.11. The first kappa shape index (κ1) is 14.6. The first-order valence-corrected chi connectivity index (χ1v) is 7.15. The van der Waals surface area contributed by atoms with Crippen molar-refractivity contribution in [3.63, 3.8) is 0 Å². The van der Waals surface area contributed by atoms with Crippen LogP contribution in [-0.4, -0.2) is 56.3 Å². The molecule has 116 valence electrons. The van der Waals surface area contributed by atoms with Crippen molar-refractivity contribution in [1.29, 1.82) is 0 Å². The lowest BCUT2D eigenvalue weighted by Gasteiger charge is -2.36. The number of anilines is 2. The summed E-state index contributed by atoms with van der Waals surface area (Å²) in [6.07, 6.45) is 3.33. The van der Waals surface area contributed by atoms with Crippen molar-refractivity contribution in [2.45, 2.75) is 13.2 Å². The van der Waals surface area contributed by atoms with E-state index in [1.165, 1.54) is 0 Å². The Labute approximate surface area is 128 Å². The van der Waals surface area contributed by atoms with Crippen LogP contribution >= 0.6 is 0 Å². The lowest BCUT2D eigenvalue weighted by atomic mass is 10.3. The van der Waals surface area contributed by atoms with Gasteiger partial charge in [-0.3, -0.25) is 0 Å². The van der Waals surface area contributed by atoms with Gasteiger partial charge in [0.1, 0.15) is 24.8 Å². The van der Waals surface area contributed by atoms with Crippen LogP contribution in [0.4, 0.5) is 11.6 Å². The average Bonchev–Trinajstić information content (AvgIpc) is 2.62. The molecule has 2 aromatic heterocycles. The molecule has 2 aromatic rings. The van der Waals surface area contributed by atoms with E-state index in [-0.39, 0.29) is 13.2 Å². The molecule has 0 unspecified atom stereocenters. The van der Waals surface area contributed by atoms with Gasteiger partial charge in [0, 0.05) is 38.6 Å². The van der Waals surface area contributed by atoms with Crippen LogP contribution in [0.3, 0.4) is 0 Å². The standard InChI is InChI=1S/C14H18N6O2/c21-9-11-15-3-1-13(17-11)19-5-7-20(8-6-19)14-2-4-16-12(10-22)18-14/h1-4,21-22H,5-10H2. The molecule has 2 N–H and O–H groups in total. The Kier molecular flexibility index (Phi) is 4.40. The van der Waals surface area contributed by atoms with Crippen LogP contribution in [0.25, 0.3) is 0 Å². The molecule has 1 aliphatic rings. The smallest absolute Gasteiger partial charge is 0.156 e. The Balaban J connectivity index is 1.66. The topological polar surface area (TPSA) is 98.5 Å². The highest BCUT2D eigenvalue weighted by molar-refractivity contribution is 5.44. The quantitative estimate of drug-likeness (QED) is 0.785. The summed E-state index contributed by atoms with van der Waals surface area (Å²) in [5.74, 6) is 2.53. The Hall–Kier alpha value is -2.32. The van der Waals surface area contributed by atoms with Gasteiger partial charge in [0.25, 0.3) is 0 Å². The van der Waals surface area contributed by atoms with E-state index in [9.17, 15) is 0 Å². The zero-order valence-corrected chi connectivity index (χ0v) is 12.1. The van der Waals surface area contributed by atoms with Crippen molar-refractivity contribution < 1.29 is 10.2 Å². The van der Waals surface area contributed by atoms with Crippen LogP contribution in [0.2, 0.25) is 0 Å². The zero-order valence-electron chi connectivity index (χ0n) is 12.1. The molecule has 0 aliphatic carbocycles. The summed E-state index contributed by atoms with van der Waals surface area (Å²) in [7, 11) is 0. The van der Waals surface area contributed by atoms with Crippen LogP contribution in [0, 0.1) is 0 Å². The van der Waals surface area contributed by atoms with Gasteiger partial charge in [0.15, 0.2) is 11.6 Å². The minimum absolute atomic E-state index is 0.154. The molecule has 0 spiro atoms. The lowest BCUT2D eigenvalue weighted by Crippen LogP contribution is -2.47. The third-order valence-electron chi connectivity index (χ3n) is 3.59. The summed E-state index contributed by atoms with van der Waals surface area (Å²) < 4.78 is 0. The summed E-state index contributed by atoms with van der Waals surface area (Å²) in [4.78, 5) is 21.0. The van der Waals surface area contributed by atoms with Crippen LogP contribution in [0.1, 0.15) is 11.6 Å². The Morgan fingerprint density at radius 3 is 1.55 bits per heavy atom. The van der Waals surface area contributed by atoms with Gasteiger partial charge in [-0.25, -0.2) is 19.9 Å². The second-order valence-corrected chi connectivity index (χ2v) is 4.95. The molecule has 0 atom stereocenters. The van der Waals surface area contributed by atoms with Crippen molar-refractivity contribution >= 4 is 11.6 Å². The number of hydrogen-bond acceptors (Lipinski definition) is 8. The number of aromatic nitrogens is 4. The molecular weight excluding hydrogens is 284 g/mol. The molecule has 22 heavy (non-hydrogen) atoms. The Bertz CT molecular complexity index is 575. The van der Waals surface area contributed by atoms with E-state index in [1.807, 2.05) is 12.1 Å². The fourth-order valence-corrected chi connectivity index (χ4v) is 2.45. The third kappa shape index (κ3) is 3.12. The van der Waals surface area contributed by atoms with Gasteiger partial charge in [-0.2, -0.15) is 0 Å². The molecule has 0 radical (unpaired) electrons. The van der Waals surface area contributed by atoms with Crippen molar-refractivity contribution in [3.05, 3.63) is 36.2 Å². The maximum atomic E-state index is 9.11. The van der Waals surface area contributed by atoms with Gasteiger partial charge in [-0.05, 0) is 12.1 Å². The minimum atomic E-state index is -0.154. The predicted molar refractivity (Wildman–Crippen MR) is 80.3 cm³/mol. The SMILES string of the molecule is OCc1nccc(N2CCN(c3ccnc(CO)n3)CC2)n1. The number of aliphatic hydroxyl groups is 2. The fourth-order valence-electron chi connectivity index (χ4n) is 2.45. The molecule has 3 heterocycles. The van der Waals surface area contributed by atoms with Crippen molar-refractivity contribution in [1.82, 2.24) is 19.9 Å². The van der Waals surface area contributed by atoms with Gasteiger partial charge in [-0.15, -0.1) is 0 Å². The summed E-state index contributed by atoms with van der Waals surface area (Å²) in [6, 6.07) is 3.70. The number of piperazine rings is 1. The highest BCUT2D eigenvalue weighted by atomic mass is 16.3. The van der Waals surface area contributed by atoms with E-state index in [1.54, 1.807) is 12.4 Å². The van der Waals surface area contributed by atoms with Gasteiger partial charge in [0.2, 0.25) is 0 Å². The fraction of sp³-hybridized carbons (Fsp3) is 0.429. The number of hydrogen-bond donors (Lipinski definition) is 2. The molecule has 0 bridgehead atoms.